The second kappa shape index (κ2) is 3.38. The highest BCUT2D eigenvalue weighted by atomic mass is 79.9. The van der Waals surface area contributed by atoms with Crippen LogP contribution in [0, 0.1) is 0 Å². The van der Waals surface area contributed by atoms with Gasteiger partial charge in [0.2, 0.25) is 0 Å². The molecule has 0 aromatic heterocycles. The van der Waals surface area contributed by atoms with Crippen molar-refractivity contribution in [3.05, 3.63) is 12.3 Å². The molecule has 0 aliphatic rings. The summed E-state index contributed by atoms with van der Waals surface area (Å²) < 4.78 is 60.0. The van der Waals surface area contributed by atoms with Gasteiger partial charge in [0.1, 0.15) is 0 Å². The zero-order chi connectivity index (χ0) is 9.12. The Hall–Kier alpha value is -0.330. The van der Waals surface area contributed by atoms with Crippen LogP contribution in [0.1, 0.15) is 0 Å². The summed E-state index contributed by atoms with van der Waals surface area (Å²) >= 11 is 1.67. The minimum Gasteiger partial charge on any atom is -0.432 e. The number of alkyl halides is 6. The van der Waals surface area contributed by atoms with Gasteiger partial charge in [0.25, 0.3) is 0 Å². The van der Waals surface area contributed by atoms with E-state index in [0.29, 0.717) is 0 Å². The fourth-order valence-electron chi connectivity index (χ4n) is 0.188. The van der Waals surface area contributed by atoms with Crippen molar-refractivity contribution in [1.82, 2.24) is 0 Å². The fourth-order valence-corrected chi connectivity index (χ4v) is 0.296. The molecule has 1 nitrogen and oxygen atoms in total. The highest BCUT2D eigenvalue weighted by Crippen LogP contribution is 2.24. The number of allylic oxidation sites excluding steroid dienone is 1. The van der Waals surface area contributed by atoms with Gasteiger partial charge in [-0.3, -0.25) is 0 Å². The molecule has 0 N–H and O–H groups in total. The van der Waals surface area contributed by atoms with Gasteiger partial charge in [0.15, 0.2) is 0 Å². The molecule has 0 amide bonds. The third-order valence-corrected chi connectivity index (χ3v) is 0.646. The summed E-state index contributed by atoms with van der Waals surface area (Å²) in [7, 11) is 0. The van der Waals surface area contributed by atoms with Gasteiger partial charge >= 0.3 is 11.2 Å². The Morgan fingerprint density at radius 2 is 1.55 bits per heavy atom. The molecule has 0 unspecified atom stereocenters. The van der Waals surface area contributed by atoms with Gasteiger partial charge in [0.05, 0.1) is 12.3 Å². The van der Waals surface area contributed by atoms with Crippen LogP contribution in [0.4, 0.5) is 22.0 Å². The Morgan fingerprint density at radius 3 is 1.82 bits per heavy atom. The molecule has 0 bridgehead atoms. The Bertz CT molecular complexity index is 146. The molecule has 66 valence electrons. The van der Waals surface area contributed by atoms with Crippen molar-refractivity contribution in [2.75, 3.05) is 0 Å². The quantitative estimate of drug-likeness (QED) is 0.410. The number of hydrogen-bond acceptors (Lipinski definition) is 1. The minimum atomic E-state index is -4.64. The molecule has 0 saturated heterocycles. The minimum absolute atomic E-state index is 0.130. The maximum atomic E-state index is 11.6. The van der Waals surface area contributed by atoms with Gasteiger partial charge in [-0.1, -0.05) is 0 Å². The van der Waals surface area contributed by atoms with Crippen LogP contribution < -0.4 is 0 Å². The predicted octanol–water partition coefficient (Wildman–Crippen LogP) is 3.02. The second-order valence-corrected chi connectivity index (χ2v) is 2.33. The summed E-state index contributed by atoms with van der Waals surface area (Å²) in [6.07, 6.45) is -5.21. The van der Waals surface area contributed by atoms with E-state index in [1.165, 1.54) is 0 Å². The molecule has 0 atom stereocenters. The topological polar surface area (TPSA) is 9.23 Å². The van der Waals surface area contributed by atoms with Crippen molar-refractivity contribution in [3.8, 4) is 0 Å². The van der Waals surface area contributed by atoms with Crippen LogP contribution in [0.25, 0.3) is 0 Å². The third-order valence-electron chi connectivity index (χ3n) is 0.459. The molecule has 11 heavy (non-hydrogen) atoms. The summed E-state index contributed by atoms with van der Waals surface area (Å²) in [5, 5.41) is -3.76. The highest BCUT2D eigenvalue weighted by molar-refractivity contribution is 9.09. The molecule has 0 aromatic carbocycles. The lowest BCUT2D eigenvalue weighted by molar-refractivity contribution is -0.120. The Balaban J connectivity index is 3.80. The van der Waals surface area contributed by atoms with Crippen molar-refractivity contribution in [3.63, 3.8) is 0 Å². The van der Waals surface area contributed by atoms with Gasteiger partial charge in [-0.05, 0) is 0 Å². The summed E-state index contributed by atoms with van der Waals surface area (Å²) in [5.41, 5.74) is 0. The first-order chi connectivity index (χ1) is 4.71. The lowest BCUT2D eigenvalue weighted by atomic mass is 10.6. The normalized spacial score (nSPS) is 14.0. The lowest BCUT2D eigenvalue weighted by Crippen LogP contribution is -2.08. The fraction of sp³-hybridized carbons (Fsp3) is 0.500. The number of halogens is 6. The zero-order valence-electron chi connectivity index (χ0n) is 4.83. The molecule has 7 heteroatoms. The van der Waals surface area contributed by atoms with Crippen LogP contribution in [-0.2, 0) is 4.74 Å². The molecule has 0 spiro atoms. The van der Waals surface area contributed by atoms with Crippen molar-refractivity contribution in [2.24, 2.45) is 0 Å². The first kappa shape index (κ1) is 10.7. The van der Waals surface area contributed by atoms with Crippen LogP contribution >= 0.6 is 15.9 Å². The van der Waals surface area contributed by atoms with E-state index in [4.69, 9.17) is 0 Å². The maximum absolute atomic E-state index is 11.6. The summed E-state index contributed by atoms with van der Waals surface area (Å²) in [6.45, 7) is 0. The molecule has 0 aliphatic heterocycles. The van der Waals surface area contributed by atoms with Crippen molar-refractivity contribution in [1.29, 1.82) is 0 Å². The molecule has 0 fully saturated rings. The number of hydrogen-bond donors (Lipinski definition) is 0. The second-order valence-electron chi connectivity index (χ2n) is 1.41. The van der Waals surface area contributed by atoms with Crippen LogP contribution in [0.15, 0.2) is 12.3 Å². The Kier molecular flexibility index (Phi) is 3.28. The van der Waals surface area contributed by atoms with E-state index >= 15 is 0 Å². The van der Waals surface area contributed by atoms with Crippen LogP contribution in [0.5, 0.6) is 0 Å². The molecule has 0 aromatic rings. The van der Waals surface area contributed by atoms with E-state index in [0.717, 1.165) is 0 Å². The van der Waals surface area contributed by atoms with E-state index in [2.05, 4.69) is 4.74 Å². The average Bonchev–Trinajstić information content (AvgIpc) is 1.55. The molecule has 0 saturated carbocycles. The SMILES string of the molecule is FC(F)(F)/C=C/OC(F)(F)Br. The van der Waals surface area contributed by atoms with Gasteiger partial charge in [-0.25, -0.2) is 0 Å². The summed E-state index contributed by atoms with van der Waals surface area (Å²) in [4.78, 5) is 0. The first-order valence-corrected chi connectivity index (χ1v) is 2.99. The van der Waals surface area contributed by atoms with E-state index in [-0.39, 0.29) is 6.26 Å². The predicted molar refractivity (Wildman–Crippen MR) is 30.2 cm³/mol. The monoisotopic (exact) mass is 240 g/mol. The molecule has 0 heterocycles. The highest BCUT2D eigenvalue weighted by Gasteiger charge is 2.27. The zero-order valence-corrected chi connectivity index (χ0v) is 6.42. The van der Waals surface area contributed by atoms with Gasteiger partial charge in [0, 0.05) is 15.9 Å². The Labute approximate surface area is 67.0 Å². The van der Waals surface area contributed by atoms with E-state index in [9.17, 15) is 22.0 Å². The summed E-state index contributed by atoms with van der Waals surface area (Å²) in [6, 6.07) is 0. The van der Waals surface area contributed by atoms with Crippen LogP contribution in [-0.4, -0.2) is 11.2 Å². The van der Waals surface area contributed by atoms with E-state index in [1.807, 2.05) is 0 Å². The van der Waals surface area contributed by atoms with Crippen molar-refractivity contribution < 1.29 is 26.7 Å². The van der Waals surface area contributed by atoms with Gasteiger partial charge in [-0.2, -0.15) is 22.0 Å². The van der Waals surface area contributed by atoms with Gasteiger partial charge in [-0.15, -0.1) is 0 Å². The standard InChI is InChI=1S/C4H2BrF5O/c5-4(9,10)11-2-1-3(6,7)8/h1-2H/b2-1+. The van der Waals surface area contributed by atoms with Crippen LogP contribution in [0.3, 0.4) is 0 Å². The first-order valence-electron chi connectivity index (χ1n) is 2.20. The third kappa shape index (κ3) is 9.67. The van der Waals surface area contributed by atoms with Crippen molar-refractivity contribution in [2.45, 2.75) is 11.2 Å². The van der Waals surface area contributed by atoms with Crippen molar-refractivity contribution >= 4 is 15.9 Å². The largest absolute Gasteiger partial charge is 0.458 e. The maximum Gasteiger partial charge on any atom is 0.458 e. The molecule has 0 rings (SSSR count). The molecular weight excluding hydrogens is 239 g/mol. The number of ether oxygens (including phenoxy) is 1. The number of rotatable bonds is 2. The van der Waals surface area contributed by atoms with Gasteiger partial charge < -0.3 is 4.74 Å². The van der Waals surface area contributed by atoms with Crippen LogP contribution in [0.2, 0.25) is 0 Å². The molecule has 0 aliphatic carbocycles. The average molecular weight is 241 g/mol. The smallest absolute Gasteiger partial charge is 0.432 e. The van der Waals surface area contributed by atoms with E-state index in [1.54, 1.807) is 15.9 Å². The van der Waals surface area contributed by atoms with E-state index < -0.39 is 17.3 Å². The molecule has 0 radical (unpaired) electrons. The molecular formula is C4H2BrF5O. The Morgan fingerprint density at radius 1 is 1.09 bits per heavy atom. The lowest BCUT2D eigenvalue weighted by Gasteiger charge is -2.05. The summed E-state index contributed by atoms with van der Waals surface area (Å²) in [5.74, 6) is 0.